The average molecular weight is 401 g/mol. The fraction of sp³-hybridized carbons (Fsp3) is 0.250. The molecule has 1 heterocycles. The molecule has 0 unspecified atom stereocenters. The number of aromatic nitrogens is 2. The molecule has 3 rings (SSSR count). The number of aryl methyl sites for hydroxylation is 2. The summed E-state index contributed by atoms with van der Waals surface area (Å²) in [6, 6.07) is 12.6. The second-order valence-corrected chi connectivity index (χ2v) is 7.99. The third kappa shape index (κ3) is 3.68. The second-order valence-electron chi connectivity index (χ2n) is 6.37. The minimum absolute atomic E-state index is 0.191. The van der Waals surface area contributed by atoms with Crippen molar-refractivity contribution in [2.45, 2.75) is 18.7 Å². The van der Waals surface area contributed by atoms with E-state index in [0.717, 1.165) is 16.9 Å². The van der Waals surface area contributed by atoms with Gasteiger partial charge in [-0.3, -0.25) is 9.40 Å². The van der Waals surface area contributed by atoms with Crippen LogP contribution in [-0.2, 0) is 17.1 Å². The molecule has 1 N–H and O–H groups in total. The molecule has 2 aromatic carbocycles. The van der Waals surface area contributed by atoms with Crippen molar-refractivity contribution in [2.24, 2.45) is 7.05 Å². The number of rotatable bonds is 6. The Labute approximate surface area is 165 Å². The van der Waals surface area contributed by atoms with E-state index < -0.39 is 10.0 Å². The first-order valence-electron chi connectivity index (χ1n) is 8.62. The minimum Gasteiger partial charge on any atom is -0.497 e. The minimum atomic E-state index is -3.78. The zero-order valence-corrected chi connectivity index (χ0v) is 17.3. The Hall–Kier alpha value is -3.00. The fourth-order valence-electron chi connectivity index (χ4n) is 3.12. The van der Waals surface area contributed by atoms with Crippen molar-refractivity contribution in [2.75, 3.05) is 18.9 Å². The number of ether oxygens (including phenoxy) is 2. The van der Waals surface area contributed by atoms with Gasteiger partial charge in [0.15, 0.2) is 0 Å². The molecule has 0 amide bonds. The fourth-order valence-corrected chi connectivity index (χ4v) is 4.61. The van der Waals surface area contributed by atoms with Gasteiger partial charge in [-0.05, 0) is 49.7 Å². The lowest BCUT2D eigenvalue weighted by Gasteiger charge is -2.13. The second kappa shape index (κ2) is 7.55. The summed E-state index contributed by atoms with van der Waals surface area (Å²) in [7, 11) is 1.12. The standard InChI is InChI=1S/C20H23N3O4S/c1-13-20(14(2)23(3)21-13)28(24,25)22-16-8-11-19(27-5)18(12-16)15-6-9-17(26-4)10-7-15/h6-12,22H,1-5H3. The van der Waals surface area contributed by atoms with E-state index in [9.17, 15) is 8.42 Å². The summed E-state index contributed by atoms with van der Waals surface area (Å²) in [5.74, 6) is 1.38. The molecule has 28 heavy (non-hydrogen) atoms. The van der Waals surface area contributed by atoms with Crippen molar-refractivity contribution < 1.29 is 17.9 Å². The summed E-state index contributed by atoms with van der Waals surface area (Å²) in [4.78, 5) is 0.191. The number of sulfonamides is 1. The van der Waals surface area contributed by atoms with Gasteiger partial charge in [0, 0.05) is 18.3 Å². The van der Waals surface area contributed by atoms with Crippen LogP contribution in [0.2, 0.25) is 0 Å². The Kier molecular flexibility index (Phi) is 5.33. The summed E-state index contributed by atoms with van der Waals surface area (Å²) in [6.07, 6.45) is 0. The molecule has 7 nitrogen and oxygen atoms in total. The molecule has 1 aromatic heterocycles. The number of nitrogens with one attached hydrogen (secondary N) is 1. The Morgan fingerprint density at radius 2 is 1.68 bits per heavy atom. The van der Waals surface area contributed by atoms with Crippen molar-refractivity contribution in [1.29, 1.82) is 0 Å². The van der Waals surface area contributed by atoms with Gasteiger partial charge >= 0.3 is 0 Å². The van der Waals surface area contributed by atoms with Crippen LogP contribution in [0.15, 0.2) is 47.4 Å². The molecular weight excluding hydrogens is 378 g/mol. The third-order valence-corrected chi connectivity index (χ3v) is 6.20. The van der Waals surface area contributed by atoms with Crippen LogP contribution >= 0.6 is 0 Å². The maximum Gasteiger partial charge on any atom is 0.265 e. The van der Waals surface area contributed by atoms with Crippen LogP contribution in [0.5, 0.6) is 11.5 Å². The average Bonchev–Trinajstić information content (AvgIpc) is 2.93. The molecule has 0 spiro atoms. The molecule has 0 radical (unpaired) electrons. The number of methoxy groups -OCH3 is 2. The van der Waals surface area contributed by atoms with Crippen molar-refractivity contribution in [1.82, 2.24) is 9.78 Å². The number of nitrogens with zero attached hydrogens (tertiary/aromatic N) is 2. The molecule has 0 saturated heterocycles. The maximum absolute atomic E-state index is 12.9. The van der Waals surface area contributed by atoms with Gasteiger partial charge in [-0.2, -0.15) is 5.10 Å². The summed E-state index contributed by atoms with van der Waals surface area (Å²) in [5.41, 5.74) is 3.12. The van der Waals surface area contributed by atoms with Crippen LogP contribution in [0.4, 0.5) is 5.69 Å². The Morgan fingerprint density at radius 3 is 2.21 bits per heavy atom. The van der Waals surface area contributed by atoms with Gasteiger partial charge in [0.2, 0.25) is 0 Å². The van der Waals surface area contributed by atoms with Gasteiger partial charge < -0.3 is 9.47 Å². The van der Waals surface area contributed by atoms with Gasteiger partial charge in [0.05, 0.1) is 25.6 Å². The van der Waals surface area contributed by atoms with E-state index in [1.54, 1.807) is 58.0 Å². The van der Waals surface area contributed by atoms with E-state index in [-0.39, 0.29) is 4.90 Å². The van der Waals surface area contributed by atoms with Gasteiger partial charge in [0.25, 0.3) is 10.0 Å². The van der Waals surface area contributed by atoms with Gasteiger partial charge in [-0.25, -0.2) is 8.42 Å². The van der Waals surface area contributed by atoms with Gasteiger partial charge in [-0.1, -0.05) is 12.1 Å². The van der Waals surface area contributed by atoms with E-state index in [1.165, 1.54) is 0 Å². The molecule has 0 fully saturated rings. The summed E-state index contributed by atoms with van der Waals surface area (Å²) in [5, 5.41) is 4.19. The van der Waals surface area contributed by atoms with Crippen LogP contribution in [0.3, 0.4) is 0 Å². The first kappa shape index (κ1) is 19.8. The van der Waals surface area contributed by atoms with E-state index >= 15 is 0 Å². The highest BCUT2D eigenvalue weighted by Crippen LogP contribution is 2.34. The van der Waals surface area contributed by atoms with E-state index in [1.807, 2.05) is 24.3 Å². The largest absolute Gasteiger partial charge is 0.497 e. The lowest BCUT2D eigenvalue weighted by molar-refractivity contribution is 0.414. The SMILES string of the molecule is COc1ccc(-c2cc(NS(=O)(=O)c3c(C)nn(C)c3C)ccc2OC)cc1. The smallest absolute Gasteiger partial charge is 0.265 e. The van der Waals surface area contributed by atoms with Crippen molar-refractivity contribution >= 4 is 15.7 Å². The summed E-state index contributed by atoms with van der Waals surface area (Å²) in [6.45, 7) is 3.41. The van der Waals surface area contributed by atoms with Crippen molar-refractivity contribution in [3.63, 3.8) is 0 Å². The van der Waals surface area contributed by atoms with Crippen LogP contribution in [-0.4, -0.2) is 32.4 Å². The lowest BCUT2D eigenvalue weighted by Crippen LogP contribution is -2.15. The van der Waals surface area contributed by atoms with Gasteiger partial charge in [0.1, 0.15) is 16.4 Å². The number of anilines is 1. The van der Waals surface area contributed by atoms with Crippen LogP contribution in [0.1, 0.15) is 11.4 Å². The molecule has 0 aliphatic carbocycles. The number of benzene rings is 2. The predicted octanol–water partition coefficient (Wildman–Crippen LogP) is 3.52. The highest BCUT2D eigenvalue weighted by molar-refractivity contribution is 7.92. The quantitative estimate of drug-likeness (QED) is 0.683. The van der Waals surface area contributed by atoms with Crippen molar-refractivity contribution in [3.8, 4) is 22.6 Å². The molecule has 0 aliphatic rings. The molecule has 3 aromatic rings. The Balaban J connectivity index is 2.01. The van der Waals surface area contributed by atoms with Crippen LogP contribution in [0.25, 0.3) is 11.1 Å². The number of hydrogen-bond donors (Lipinski definition) is 1. The van der Waals surface area contributed by atoms with E-state index in [2.05, 4.69) is 9.82 Å². The molecule has 0 bridgehead atoms. The summed E-state index contributed by atoms with van der Waals surface area (Å²) < 4.78 is 40.7. The third-order valence-electron chi connectivity index (χ3n) is 4.56. The zero-order valence-electron chi connectivity index (χ0n) is 16.5. The van der Waals surface area contributed by atoms with Crippen molar-refractivity contribution in [3.05, 3.63) is 53.9 Å². The van der Waals surface area contributed by atoms with E-state index in [4.69, 9.17) is 9.47 Å². The first-order chi connectivity index (χ1) is 13.3. The van der Waals surface area contributed by atoms with Crippen LogP contribution in [0, 0.1) is 13.8 Å². The molecule has 148 valence electrons. The predicted molar refractivity (Wildman–Crippen MR) is 108 cm³/mol. The molecule has 0 aliphatic heterocycles. The molecule has 8 heteroatoms. The van der Waals surface area contributed by atoms with Gasteiger partial charge in [-0.15, -0.1) is 0 Å². The molecule has 0 atom stereocenters. The zero-order chi connectivity index (χ0) is 20.5. The van der Waals surface area contributed by atoms with Crippen LogP contribution < -0.4 is 14.2 Å². The molecule has 0 saturated carbocycles. The maximum atomic E-state index is 12.9. The topological polar surface area (TPSA) is 82.5 Å². The normalized spacial score (nSPS) is 11.3. The highest BCUT2D eigenvalue weighted by atomic mass is 32.2. The Bertz CT molecular complexity index is 1100. The highest BCUT2D eigenvalue weighted by Gasteiger charge is 2.24. The van der Waals surface area contributed by atoms with E-state index in [0.29, 0.717) is 22.8 Å². The number of hydrogen-bond acceptors (Lipinski definition) is 5. The lowest BCUT2D eigenvalue weighted by atomic mass is 10.0. The Morgan fingerprint density at radius 1 is 1.00 bits per heavy atom. The first-order valence-corrected chi connectivity index (χ1v) is 10.1. The summed E-state index contributed by atoms with van der Waals surface area (Å²) >= 11 is 0. The molecular formula is C20H23N3O4S. The monoisotopic (exact) mass is 401 g/mol.